The molecular formula is C19H20F2N2O3S. The molecule has 2 aromatic rings. The van der Waals surface area contributed by atoms with Crippen LogP contribution in [0.5, 0.6) is 0 Å². The number of carbonyl (C=O) groups excluding carboxylic acids is 1. The maximum absolute atomic E-state index is 13.9. The summed E-state index contributed by atoms with van der Waals surface area (Å²) >= 11 is 0. The Hall–Kier alpha value is -2.32. The summed E-state index contributed by atoms with van der Waals surface area (Å²) < 4.78 is 53.6. The van der Waals surface area contributed by atoms with Crippen LogP contribution in [-0.2, 0) is 10.0 Å². The number of benzene rings is 2. The van der Waals surface area contributed by atoms with Crippen LogP contribution in [0.15, 0.2) is 47.4 Å². The highest BCUT2D eigenvalue weighted by Gasteiger charge is 2.27. The highest BCUT2D eigenvalue weighted by molar-refractivity contribution is 7.89. The van der Waals surface area contributed by atoms with E-state index < -0.39 is 33.6 Å². The summed E-state index contributed by atoms with van der Waals surface area (Å²) in [5.74, 6) is -1.99. The fourth-order valence-corrected chi connectivity index (χ4v) is 4.65. The zero-order valence-corrected chi connectivity index (χ0v) is 15.6. The van der Waals surface area contributed by atoms with Crippen molar-refractivity contribution in [2.45, 2.75) is 30.7 Å². The van der Waals surface area contributed by atoms with Gasteiger partial charge in [-0.3, -0.25) is 4.79 Å². The second-order valence-electron chi connectivity index (χ2n) is 6.50. The first kappa shape index (κ1) is 19.4. The Kier molecular flexibility index (Phi) is 5.57. The minimum atomic E-state index is -3.64. The summed E-state index contributed by atoms with van der Waals surface area (Å²) in [5.41, 5.74) is 0.301. The number of hydrogen-bond acceptors (Lipinski definition) is 3. The lowest BCUT2D eigenvalue weighted by Gasteiger charge is -2.17. The molecule has 1 fully saturated rings. The Balaban J connectivity index is 1.79. The Morgan fingerprint density at radius 1 is 1.11 bits per heavy atom. The van der Waals surface area contributed by atoms with Gasteiger partial charge < -0.3 is 5.32 Å². The first-order chi connectivity index (χ1) is 12.8. The molecule has 1 N–H and O–H groups in total. The van der Waals surface area contributed by atoms with E-state index in [0.29, 0.717) is 13.1 Å². The van der Waals surface area contributed by atoms with E-state index in [1.165, 1.54) is 34.6 Å². The Morgan fingerprint density at radius 3 is 2.48 bits per heavy atom. The van der Waals surface area contributed by atoms with Gasteiger partial charge in [0.2, 0.25) is 10.0 Å². The molecule has 1 heterocycles. The molecule has 2 aromatic carbocycles. The van der Waals surface area contributed by atoms with Crippen molar-refractivity contribution in [2.75, 3.05) is 13.1 Å². The molecule has 1 amide bonds. The van der Waals surface area contributed by atoms with Gasteiger partial charge in [0.05, 0.1) is 10.9 Å². The van der Waals surface area contributed by atoms with Crippen LogP contribution in [0.3, 0.4) is 0 Å². The minimum Gasteiger partial charge on any atom is -0.345 e. The number of amides is 1. The lowest BCUT2D eigenvalue weighted by atomic mass is 10.1. The number of halogens is 2. The molecular weight excluding hydrogens is 374 g/mol. The standard InChI is InChI=1S/C19H20F2N2O3S/c1-13(17-8-7-15(20)12-18(17)21)22-19(24)14-5-4-6-16(11-14)27(25,26)23-9-2-3-10-23/h4-8,11-13H,2-3,9-10H2,1H3,(H,22,24)/t13-/m1/s1. The SMILES string of the molecule is C[C@@H](NC(=O)c1cccc(S(=O)(=O)N2CCCC2)c1)c1ccc(F)cc1F. The molecule has 0 aromatic heterocycles. The first-order valence-corrected chi connectivity index (χ1v) is 10.1. The van der Waals surface area contributed by atoms with E-state index in [0.717, 1.165) is 25.0 Å². The maximum Gasteiger partial charge on any atom is 0.251 e. The summed E-state index contributed by atoms with van der Waals surface area (Å²) in [6, 6.07) is 8.18. The van der Waals surface area contributed by atoms with Crippen molar-refractivity contribution in [2.24, 2.45) is 0 Å². The third-order valence-corrected chi connectivity index (χ3v) is 6.47. The normalized spacial score (nSPS) is 16.3. The van der Waals surface area contributed by atoms with Gasteiger partial charge in [0.25, 0.3) is 5.91 Å². The predicted molar refractivity (Wildman–Crippen MR) is 96.7 cm³/mol. The van der Waals surface area contributed by atoms with Gasteiger partial charge in [-0.1, -0.05) is 12.1 Å². The van der Waals surface area contributed by atoms with Gasteiger partial charge in [-0.2, -0.15) is 4.31 Å². The molecule has 1 aliphatic heterocycles. The molecule has 27 heavy (non-hydrogen) atoms. The Morgan fingerprint density at radius 2 is 1.81 bits per heavy atom. The van der Waals surface area contributed by atoms with Gasteiger partial charge >= 0.3 is 0 Å². The van der Waals surface area contributed by atoms with Crippen molar-refractivity contribution < 1.29 is 22.0 Å². The lowest BCUT2D eigenvalue weighted by Crippen LogP contribution is -2.29. The number of hydrogen-bond donors (Lipinski definition) is 1. The second kappa shape index (κ2) is 7.74. The molecule has 5 nitrogen and oxygen atoms in total. The van der Waals surface area contributed by atoms with Gasteiger partial charge in [0, 0.05) is 30.3 Å². The molecule has 0 bridgehead atoms. The molecule has 144 valence electrons. The smallest absolute Gasteiger partial charge is 0.251 e. The highest BCUT2D eigenvalue weighted by atomic mass is 32.2. The first-order valence-electron chi connectivity index (χ1n) is 8.65. The summed E-state index contributed by atoms with van der Waals surface area (Å²) in [7, 11) is -3.64. The number of nitrogens with one attached hydrogen (secondary N) is 1. The van der Waals surface area contributed by atoms with Gasteiger partial charge in [-0.15, -0.1) is 0 Å². The largest absolute Gasteiger partial charge is 0.345 e. The van der Waals surface area contributed by atoms with Crippen molar-refractivity contribution >= 4 is 15.9 Å². The minimum absolute atomic E-state index is 0.0534. The molecule has 1 saturated heterocycles. The molecule has 0 radical (unpaired) electrons. The monoisotopic (exact) mass is 394 g/mol. The second-order valence-corrected chi connectivity index (χ2v) is 8.44. The van der Waals surface area contributed by atoms with E-state index in [1.807, 2.05) is 0 Å². The quantitative estimate of drug-likeness (QED) is 0.847. The summed E-state index contributed by atoms with van der Waals surface area (Å²) in [4.78, 5) is 12.5. The number of rotatable bonds is 5. The van der Waals surface area contributed by atoms with Crippen LogP contribution in [-0.4, -0.2) is 31.7 Å². The Labute approximate surface area is 157 Å². The van der Waals surface area contributed by atoms with Crippen LogP contribution in [0.1, 0.15) is 41.7 Å². The van der Waals surface area contributed by atoms with E-state index in [9.17, 15) is 22.0 Å². The van der Waals surface area contributed by atoms with Crippen LogP contribution < -0.4 is 5.32 Å². The molecule has 0 unspecified atom stereocenters. The van der Waals surface area contributed by atoms with E-state index in [2.05, 4.69) is 5.32 Å². The van der Waals surface area contributed by atoms with Crippen LogP contribution in [0.2, 0.25) is 0 Å². The predicted octanol–water partition coefficient (Wildman–Crippen LogP) is 3.24. The maximum atomic E-state index is 13.9. The van der Waals surface area contributed by atoms with Crippen LogP contribution in [0.4, 0.5) is 8.78 Å². The van der Waals surface area contributed by atoms with Gasteiger partial charge in [0.1, 0.15) is 11.6 Å². The molecule has 1 atom stereocenters. The lowest BCUT2D eigenvalue weighted by molar-refractivity contribution is 0.0939. The van der Waals surface area contributed by atoms with E-state index in [-0.39, 0.29) is 16.0 Å². The third-order valence-electron chi connectivity index (χ3n) is 4.58. The fraction of sp³-hybridized carbons (Fsp3) is 0.316. The van der Waals surface area contributed by atoms with Crippen molar-refractivity contribution in [1.29, 1.82) is 0 Å². The highest BCUT2D eigenvalue weighted by Crippen LogP contribution is 2.22. The molecule has 8 heteroatoms. The number of sulfonamides is 1. The zero-order chi connectivity index (χ0) is 19.6. The van der Waals surface area contributed by atoms with Crippen molar-refractivity contribution in [3.8, 4) is 0 Å². The van der Waals surface area contributed by atoms with Crippen LogP contribution in [0, 0.1) is 11.6 Å². The molecule has 0 saturated carbocycles. The van der Waals surface area contributed by atoms with Crippen molar-refractivity contribution in [3.05, 3.63) is 65.2 Å². The number of nitrogens with zero attached hydrogens (tertiary/aromatic N) is 1. The zero-order valence-electron chi connectivity index (χ0n) is 14.8. The van der Waals surface area contributed by atoms with E-state index >= 15 is 0 Å². The summed E-state index contributed by atoms with van der Waals surface area (Å²) in [5, 5.41) is 2.61. The van der Waals surface area contributed by atoms with Gasteiger partial charge in [-0.05, 0) is 44.0 Å². The topological polar surface area (TPSA) is 66.5 Å². The average Bonchev–Trinajstić information content (AvgIpc) is 3.17. The molecule has 1 aliphatic rings. The molecule has 3 rings (SSSR count). The summed E-state index contributed by atoms with van der Waals surface area (Å²) in [6.45, 7) is 2.51. The van der Waals surface area contributed by atoms with Crippen LogP contribution in [0.25, 0.3) is 0 Å². The fourth-order valence-electron chi connectivity index (χ4n) is 3.09. The summed E-state index contributed by atoms with van der Waals surface area (Å²) in [6.07, 6.45) is 1.64. The van der Waals surface area contributed by atoms with Crippen LogP contribution >= 0.6 is 0 Å². The Bertz CT molecular complexity index is 957. The van der Waals surface area contributed by atoms with Gasteiger partial charge in [0.15, 0.2) is 0 Å². The van der Waals surface area contributed by atoms with E-state index in [4.69, 9.17) is 0 Å². The molecule has 0 aliphatic carbocycles. The number of carbonyl (C=O) groups is 1. The average molecular weight is 394 g/mol. The van der Waals surface area contributed by atoms with Crippen molar-refractivity contribution in [1.82, 2.24) is 9.62 Å². The van der Waals surface area contributed by atoms with E-state index in [1.54, 1.807) is 6.92 Å². The third kappa shape index (κ3) is 4.17. The van der Waals surface area contributed by atoms with Gasteiger partial charge in [-0.25, -0.2) is 17.2 Å². The van der Waals surface area contributed by atoms with Crippen molar-refractivity contribution in [3.63, 3.8) is 0 Å². The molecule has 0 spiro atoms.